The molecule has 0 atom stereocenters. The van der Waals surface area contributed by atoms with E-state index in [4.69, 9.17) is 0 Å². The predicted octanol–water partition coefficient (Wildman–Crippen LogP) is 4.42. The van der Waals surface area contributed by atoms with Crippen LogP contribution in [0.1, 0.15) is 63.1 Å². The molecule has 1 amide bonds. The zero-order chi connectivity index (χ0) is 23.4. The Morgan fingerprint density at radius 2 is 1.79 bits per heavy atom. The second kappa shape index (κ2) is 9.77. The van der Waals surface area contributed by atoms with Crippen molar-refractivity contribution < 1.29 is 18.8 Å². The van der Waals surface area contributed by atoms with Crippen LogP contribution in [-0.4, -0.2) is 40.5 Å². The number of H-pyrrole nitrogens is 1. The number of hydrogen-bond acceptors (Lipinski definition) is 5. The van der Waals surface area contributed by atoms with Gasteiger partial charge < -0.3 is 15.2 Å². The molecule has 170 valence electrons. The molecule has 7 nitrogen and oxygen atoms in total. The van der Waals surface area contributed by atoms with E-state index in [0.29, 0.717) is 11.3 Å². The molecule has 2 aromatic carbocycles. The fraction of sp³-hybridized carbons (Fsp3) is 0.280. The van der Waals surface area contributed by atoms with Gasteiger partial charge in [0.25, 0.3) is 5.91 Å². The molecule has 33 heavy (non-hydrogen) atoms. The first-order chi connectivity index (χ1) is 16.0. The summed E-state index contributed by atoms with van der Waals surface area (Å²) in [6, 6.07) is 11.5. The SMILES string of the molecule is CCC(=O)c1nc[nH]c1C(=O)Nc1ccc(CC(=O)c2ccc(N3CCCC3)cc2F)cc1. The van der Waals surface area contributed by atoms with Gasteiger partial charge in [-0.25, -0.2) is 9.37 Å². The molecule has 1 saturated heterocycles. The second-order valence-electron chi connectivity index (χ2n) is 8.01. The maximum atomic E-state index is 14.6. The summed E-state index contributed by atoms with van der Waals surface area (Å²) in [5, 5.41) is 2.71. The third-order valence-corrected chi connectivity index (χ3v) is 5.75. The molecule has 0 saturated carbocycles. The first-order valence-corrected chi connectivity index (χ1v) is 11.0. The highest BCUT2D eigenvalue weighted by atomic mass is 19.1. The minimum absolute atomic E-state index is 0.0455. The van der Waals surface area contributed by atoms with Crippen molar-refractivity contribution >= 4 is 28.8 Å². The number of carbonyl (C=O) groups excluding carboxylic acids is 3. The van der Waals surface area contributed by atoms with Crippen LogP contribution in [0, 0.1) is 5.82 Å². The largest absolute Gasteiger partial charge is 0.371 e. The number of aromatic amines is 1. The summed E-state index contributed by atoms with van der Waals surface area (Å²) in [6.07, 6.45) is 3.79. The molecular weight excluding hydrogens is 423 g/mol. The number of nitrogens with one attached hydrogen (secondary N) is 2. The van der Waals surface area contributed by atoms with Gasteiger partial charge in [-0.05, 0) is 48.7 Å². The minimum atomic E-state index is -0.509. The molecule has 0 unspecified atom stereocenters. The summed E-state index contributed by atoms with van der Waals surface area (Å²) < 4.78 is 14.6. The number of hydrogen-bond donors (Lipinski definition) is 2. The first kappa shape index (κ1) is 22.4. The molecular formula is C25H25FN4O3. The molecule has 2 heterocycles. The molecule has 0 spiro atoms. The molecule has 1 aliphatic heterocycles. The molecule has 2 N–H and O–H groups in total. The Morgan fingerprint density at radius 3 is 2.45 bits per heavy atom. The highest BCUT2D eigenvalue weighted by Crippen LogP contribution is 2.24. The average Bonchev–Trinajstić information content (AvgIpc) is 3.52. The van der Waals surface area contributed by atoms with Crippen molar-refractivity contribution in [1.29, 1.82) is 0 Å². The van der Waals surface area contributed by atoms with E-state index in [1.807, 2.05) is 0 Å². The van der Waals surface area contributed by atoms with Crippen molar-refractivity contribution in [3.63, 3.8) is 0 Å². The number of halogens is 1. The fourth-order valence-corrected chi connectivity index (χ4v) is 3.93. The molecule has 8 heteroatoms. The van der Waals surface area contributed by atoms with Gasteiger partial charge >= 0.3 is 0 Å². The quantitative estimate of drug-likeness (QED) is 0.498. The summed E-state index contributed by atoms with van der Waals surface area (Å²) in [7, 11) is 0. The maximum absolute atomic E-state index is 14.6. The van der Waals surface area contributed by atoms with E-state index in [1.165, 1.54) is 12.4 Å². The van der Waals surface area contributed by atoms with Gasteiger partial charge in [0, 0.05) is 37.3 Å². The summed E-state index contributed by atoms with van der Waals surface area (Å²) >= 11 is 0. The lowest BCUT2D eigenvalue weighted by molar-refractivity contribution is 0.0963. The standard InChI is InChI=1S/C25H25FN4O3/c1-2-21(31)23-24(28-15-27-23)25(33)29-17-7-5-16(6-8-17)13-22(32)19-10-9-18(14-20(19)26)30-11-3-4-12-30/h5-10,14-15H,2-4,11-13H2,1H3,(H,27,28)(H,29,33). The molecule has 0 radical (unpaired) electrons. The molecule has 1 aromatic heterocycles. The Labute approximate surface area is 191 Å². The van der Waals surface area contributed by atoms with Crippen LogP contribution in [0.25, 0.3) is 0 Å². The molecule has 0 aliphatic carbocycles. The van der Waals surface area contributed by atoms with Gasteiger partial charge in [-0.1, -0.05) is 19.1 Å². The summed E-state index contributed by atoms with van der Waals surface area (Å²) in [4.78, 5) is 45.8. The number of ketones is 2. The number of Topliss-reactive ketones (excluding diaryl/α,β-unsaturated/α-hetero) is 2. The number of rotatable bonds is 8. The van der Waals surface area contributed by atoms with Crippen molar-refractivity contribution in [1.82, 2.24) is 9.97 Å². The van der Waals surface area contributed by atoms with Crippen LogP contribution in [0.2, 0.25) is 0 Å². The number of carbonyl (C=O) groups is 3. The number of nitrogens with zero attached hydrogens (tertiary/aromatic N) is 2. The Hall–Kier alpha value is -3.81. The first-order valence-electron chi connectivity index (χ1n) is 11.0. The van der Waals surface area contributed by atoms with Crippen molar-refractivity contribution in [2.75, 3.05) is 23.3 Å². The molecule has 3 aromatic rings. The topological polar surface area (TPSA) is 95.2 Å². The van der Waals surface area contributed by atoms with Crippen molar-refractivity contribution in [3.05, 3.63) is 77.1 Å². The number of benzene rings is 2. The van der Waals surface area contributed by atoms with Crippen LogP contribution in [0.3, 0.4) is 0 Å². The van der Waals surface area contributed by atoms with Crippen molar-refractivity contribution in [2.24, 2.45) is 0 Å². The van der Waals surface area contributed by atoms with E-state index in [-0.39, 0.29) is 41.4 Å². The smallest absolute Gasteiger partial charge is 0.274 e. The van der Waals surface area contributed by atoms with E-state index in [0.717, 1.165) is 31.6 Å². The Morgan fingerprint density at radius 1 is 1.06 bits per heavy atom. The van der Waals surface area contributed by atoms with Gasteiger partial charge in [0.1, 0.15) is 17.2 Å². The summed E-state index contributed by atoms with van der Waals surface area (Å²) in [5.74, 6) is -1.52. The zero-order valence-electron chi connectivity index (χ0n) is 18.4. The van der Waals surface area contributed by atoms with Gasteiger partial charge in [-0.3, -0.25) is 14.4 Å². The van der Waals surface area contributed by atoms with E-state index in [1.54, 1.807) is 43.3 Å². The minimum Gasteiger partial charge on any atom is -0.371 e. The fourth-order valence-electron chi connectivity index (χ4n) is 3.93. The molecule has 1 fully saturated rings. The van der Waals surface area contributed by atoms with E-state index < -0.39 is 11.7 Å². The molecule has 0 bridgehead atoms. The lowest BCUT2D eigenvalue weighted by Gasteiger charge is -2.18. The number of imidazole rings is 1. The normalized spacial score (nSPS) is 13.2. The average molecular weight is 448 g/mol. The number of amides is 1. The van der Waals surface area contributed by atoms with Crippen LogP contribution in [0.4, 0.5) is 15.8 Å². The van der Waals surface area contributed by atoms with Gasteiger partial charge in [0.15, 0.2) is 11.6 Å². The zero-order valence-corrected chi connectivity index (χ0v) is 18.4. The third-order valence-electron chi connectivity index (χ3n) is 5.75. The lowest BCUT2D eigenvalue weighted by atomic mass is 10.0. The van der Waals surface area contributed by atoms with Crippen LogP contribution >= 0.6 is 0 Å². The lowest BCUT2D eigenvalue weighted by Crippen LogP contribution is -2.18. The Kier molecular flexibility index (Phi) is 6.63. The van der Waals surface area contributed by atoms with Gasteiger partial charge in [-0.15, -0.1) is 0 Å². The maximum Gasteiger partial charge on any atom is 0.274 e. The monoisotopic (exact) mass is 448 g/mol. The van der Waals surface area contributed by atoms with Gasteiger partial charge in [0.2, 0.25) is 0 Å². The van der Waals surface area contributed by atoms with Crippen LogP contribution < -0.4 is 10.2 Å². The van der Waals surface area contributed by atoms with E-state index in [2.05, 4.69) is 20.2 Å². The van der Waals surface area contributed by atoms with Gasteiger partial charge in [-0.2, -0.15) is 0 Å². The van der Waals surface area contributed by atoms with Crippen LogP contribution in [0.5, 0.6) is 0 Å². The van der Waals surface area contributed by atoms with E-state index >= 15 is 0 Å². The Bertz CT molecular complexity index is 1180. The van der Waals surface area contributed by atoms with Gasteiger partial charge in [0.05, 0.1) is 11.9 Å². The third kappa shape index (κ3) is 5.00. The molecule has 4 rings (SSSR count). The second-order valence-corrected chi connectivity index (χ2v) is 8.01. The molecule has 1 aliphatic rings. The summed E-state index contributed by atoms with van der Waals surface area (Å²) in [5.41, 5.74) is 2.29. The summed E-state index contributed by atoms with van der Waals surface area (Å²) in [6.45, 7) is 3.52. The Balaban J connectivity index is 1.39. The van der Waals surface area contributed by atoms with Crippen LogP contribution in [-0.2, 0) is 6.42 Å². The predicted molar refractivity (Wildman–Crippen MR) is 123 cm³/mol. The number of aromatic nitrogens is 2. The number of anilines is 2. The highest BCUT2D eigenvalue weighted by molar-refractivity contribution is 6.10. The highest BCUT2D eigenvalue weighted by Gasteiger charge is 2.20. The van der Waals surface area contributed by atoms with Crippen molar-refractivity contribution in [2.45, 2.75) is 32.6 Å². The van der Waals surface area contributed by atoms with E-state index in [9.17, 15) is 18.8 Å². The van der Waals surface area contributed by atoms with Crippen LogP contribution in [0.15, 0.2) is 48.8 Å². The van der Waals surface area contributed by atoms with Crippen molar-refractivity contribution in [3.8, 4) is 0 Å².